The molecule has 108 valence electrons. The van der Waals surface area contributed by atoms with Crippen molar-refractivity contribution in [1.29, 1.82) is 0 Å². The fraction of sp³-hybridized carbons (Fsp3) is 0.0588. The number of benzene rings is 1. The van der Waals surface area contributed by atoms with E-state index in [2.05, 4.69) is 21.5 Å². The van der Waals surface area contributed by atoms with Crippen LogP contribution in [0, 0.1) is 10.7 Å². The van der Waals surface area contributed by atoms with Gasteiger partial charge in [0.25, 0.3) is 5.56 Å². The third kappa shape index (κ3) is 1.79. The van der Waals surface area contributed by atoms with Crippen molar-refractivity contribution in [3.63, 3.8) is 0 Å². The summed E-state index contributed by atoms with van der Waals surface area (Å²) in [6.07, 6.45) is 1.80. The fourth-order valence-electron chi connectivity index (χ4n) is 2.72. The summed E-state index contributed by atoms with van der Waals surface area (Å²) in [7, 11) is 1.94. The van der Waals surface area contributed by atoms with Gasteiger partial charge in [-0.2, -0.15) is 0 Å². The van der Waals surface area contributed by atoms with Crippen LogP contribution in [0.3, 0.4) is 0 Å². The minimum atomic E-state index is -0.135. The van der Waals surface area contributed by atoms with Crippen LogP contribution in [0.25, 0.3) is 23.7 Å². The molecule has 0 unspecified atom stereocenters. The number of fused-ring (bicyclic) bond motifs is 1. The van der Waals surface area contributed by atoms with Crippen LogP contribution in [0.2, 0.25) is 0 Å². The van der Waals surface area contributed by atoms with Gasteiger partial charge in [0.05, 0.1) is 27.0 Å². The van der Waals surface area contributed by atoms with Crippen LogP contribution in [-0.4, -0.2) is 19.5 Å². The zero-order chi connectivity index (χ0) is 15.3. The number of aromatic amines is 2. The molecule has 2 aliphatic heterocycles. The number of nitrogens with one attached hydrogen (secondary N) is 2. The third-order valence-electron chi connectivity index (χ3n) is 3.86. The Morgan fingerprint density at radius 2 is 2.00 bits per heavy atom. The van der Waals surface area contributed by atoms with Gasteiger partial charge in [-0.3, -0.25) is 4.79 Å². The number of hydrogen-bond donors (Lipinski definition) is 2. The molecule has 2 aromatic rings. The Morgan fingerprint density at radius 1 is 1.18 bits per heavy atom. The molecule has 0 saturated heterocycles. The first-order chi connectivity index (χ1) is 10.6. The molecule has 0 radical (unpaired) electrons. The van der Waals surface area contributed by atoms with Crippen molar-refractivity contribution in [2.24, 2.45) is 7.05 Å². The highest BCUT2D eigenvalue weighted by atomic mass is 16.1. The first kappa shape index (κ1) is 12.6. The van der Waals surface area contributed by atoms with Crippen molar-refractivity contribution >= 4 is 23.7 Å². The number of imidazole rings is 1. The van der Waals surface area contributed by atoms with Gasteiger partial charge in [-0.05, 0) is 30.3 Å². The molecule has 0 saturated carbocycles. The van der Waals surface area contributed by atoms with Crippen LogP contribution in [0.15, 0.2) is 41.2 Å². The number of nitrogens with zero attached hydrogens (tertiary/aromatic N) is 2. The van der Waals surface area contributed by atoms with Gasteiger partial charge in [0, 0.05) is 12.4 Å². The van der Waals surface area contributed by atoms with E-state index in [9.17, 15) is 4.79 Å². The largest absolute Gasteiger partial charge is 0.354 e. The van der Waals surface area contributed by atoms with E-state index in [1.165, 1.54) is 0 Å². The van der Waals surface area contributed by atoms with E-state index in [0.717, 1.165) is 32.9 Å². The molecule has 5 nitrogen and oxygen atoms in total. The number of rotatable bonds is 1. The Kier molecular flexibility index (Phi) is 2.56. The van der Waals surface area contributed by atoms with Gasteiger partial charge < -0.3 is 14.5 Å². The molecule has 22 heavy (non-hydrogen) atoms. The minimum Gasteiger partial charge on any atom is -0.354 e. The van der Waals surface area contributed by atoms with Gasteiger partial charge in [-0.1, -0.05) is 18.7 Å². The van der Waals surface area contributed by atoms with Crippen LogP contribution < -0.4 is 16.1 Å². The highest BCUT2D eigenvalue weighted by Gasteiger charge is 2.06. The number of para-hydroxylation sites is 2. The average Bonchev–Trinajstić information content (AvgIpc) is 2.99. The van der Waals surface area contributed by atoms with E-state index in [0.29, 0.717) is 5.22 Å². The molecule has 2 aliphatic rings. The van der Waals surface area contributed by atoms with Crippen LogP contribution in [-0.2, 0) is 7.05 Å². The molecule has 0 spiro atoms. The molecule has 3 heterocycles. The smallest absolute Gasteiger partial charge is 0.258 e. The fourth-order valence-corrected chi connectivity index (χ4v) is 2.72. The van der Waals surface area contributed by atoms with Gasteiger partial charge in [-0.25, -0.2) is 4.98 Å². The summed E-state index contributed by atoms with van der Waals surface area (Å²) in [5.74, 6) is 0.738. The number of aryl methyl sites for hydroxylation is 1. The molecule has 4 rings (SSSR count). The summed E-state index contributed by atoms with van der Waals surface area (Å²) in [5, 5.41) is 2.84. The summed E-state index contributed by atoms with van der Waals surface area (Å²) in [5.41, 5.74) is 1.80. The summed E-state index contributed by atoms with van der Waals surface area (Å²) >= 11 is 0. The third-order valence-corrected chi connectivity index (χ3v) is 3.86. The maximum absolute atomic E-state index is 12.2. The lowest BCUT2D eigenvalue weighted by atomic mass is 10.3. The van der Waals surface area contributed by atoms with Crippen LogP contribution in [0.1, 0.15) is 5.82 Å². The zero-order valence-corrected chi connectivity index (χ0v) is 12.1. The van der Waals surface area contributed by atoms with Gasteiger partial charge in [0.1, 0.15) is 5.82 Å². The van der Waals surface area contributed by atoms with Gasteiger partial charge in [0.15, 0.2) is 0 Å². The number of H-pyrrole nitrogens is 2. The summed E-state index contributed by atoms with van der Waals surface area (Å²) in [6.45, 7) is 3.87. The molecule has 5 heteroatoms. The highest BCUT2D eigenvalue weighted by molar-refractivity contribution is 5.77. The van der Waals surface area contributed by atoms with Crippen molar-refractivity contribution in [2.75, 3.05) is 0 Å². The predicted molar refractivity (Wildman–Crippen MR) is 85.8 cm³/mol. The van der Waals surface area contributed by atoms with E-state index in [4.69, 9.17) is 0 Å². The lowest BCUT2D eigenvalue weighted by Gasteiger charge is -1.95. The Hall–Kier alpha value is -3.08. The Morgan fingerprint density at radius 3 is 2.82 bits per heavy atom. The Balaban J connectivity index is 2.11. The molecule has 0 atom stereocenters. The van der Waals surface area contributed by atoms with E-state index in [-0.39, 0.29) is 5.56 Å². The van der Waals surface area contributed by atoms with E-state index in [1.54, 1.807) is 6.08 Å². The van der Waals surface area contributed by atoms with Crippen molar-refractivity contribution in [3.8, 4) is 0 Å². The molecular formula is C17H14N4O. The Bertz CT molecular complexity index is 1230. The molecule has 1 aromatic heterocycles. The minimum absolute atomic E-state index is 0.135. The molecule has 0 aliphatic carbocycles. The second kappa shape index (κ2) is 4.46. The van der Waals surface area contributed by atoms with Crippen LogP contribution in [0.4, 0.5) is 0 Å². The number of hydrogen-bond acceptors (Lipinski definition) is 2. The quantitative estimate of drug-likeness (QED) is 0.538. The monoisotopic (exact) mass is 290 g/mol. The second-order valence-corrected chi connectivity index (χ2v) is 5.30. The Labute approximate surface area is 124 Å². The molecule has 1 aromatic carbocycles. The van der Waals surface area contributed by atoms with E-state index < -0.39 is 0 Å². The topological polar surface area (TPSA) is 66.5 Å². The SMILES string of the molecule is C=c1ccc2[nH]c(=O)c(=Cc3nc4ccccc4n3C)c=2[nH]1. The van der Waals surface area contributed by atoms with Crippen molar-refractivity contribution in [2.45, 2.75) is 0 Å². The second-order valence-electron chi connectivity index (χ2n) is 5.30. The predicted octanol–water partition coefficient (Wildman–Crippen LogP) is 0.554. The van der Waals surface area contributed by atoms with Crippen molar-refractivity contribution < 1.29 is 0 Å². The van der Waals surface area contributed by atoms with Crippen molar-refractivity contribution in [3.05, 3.63) is 73.8 Å². The molecule has 0 fully saturated rings. The van der Waals surface area contributed by atoms with Crippen LogP contribution in [0.5, 0.6) is 0 Å². The van der Waals surface area contributed by atoms with Crippen LogP contribution >= 0.6 is 0 Å². The molecule has 0 amide bonds. The molecule has 0 bridgehead atoms. The summed E-state index contributed by atoms with van der Waals surface area (Å²) in [4.78, 5) is 22.8. The molecular weight excluding hydrogens is 276 g/mol. The van der Waals surface area contributed by atoms with Crippen molar-refractivity contribution in [1.82, 2.24) is 19.5 Å². The lowest BCUT2D eigenvalue weighted by molar-refractivity contribution is 0.928. The van der Waals surface area contributed by atoms with E-state index in [1.807, 2.05) is 48.0 Å². The van der Waals surface area contributed by atoms with E-state index >= 15 is 0 Å². The lowest BCUT2D eigenvalue weighted by Crippen LogP contribution is -2.24. The maximum atomic E-state index is 12.2. The first-order valence-electron chi connectivity index (χ1n) is 6.96. The standard InChI is InChI=1S/C17H14N4O/c1-10-7-8-13-16(18-10)11(17(22)20-13)9-15-19-12-5-3-4-6-14(12)21(15)2/h3-9,18H,1H2,2H3,(H,20,22). The highest BCUT2D eigenvalue weighted by Crippen LogP contribution is 2.14. The van der Waals surface area contributed by atoms with Gasteiger partial charge in [0.2, 0.25) is 0 Å². The first-order valence-corrected chi connectivity index (χ1v) is 6.96. The summed E-state index contributed by atoms with van der Waals surface area (Å²) < 4.78 is 1.97. The van der Waals surface area contributed by atoms with Gasteiger partial charge in [-0.15, -0.1) is 0 Å². The normalized spacial score (nSPS) is 12.5. The molecule has 2 N–H and O–H groups in total. The number of aromatic nitrogens is 4. The maximum Gasteiger partial charge on any atom is 0.258 e. The summed E-state index contributed by atoms with van der Waals surface area (Å²) in [6, 6.07) is 11.6. The average molecular weight is 290 g/mol. The zero-order valence-electron chi connectivity index (χ0n) is 12.1. The van der Waals surface area contributed by atoms with Gasteiger partial charge >= 0.3 is 0 Å².